The number of carboxylic acids is 1. The molecule has 0 heterocycles. The average Bonchev–Trinajstić information content (AvgIpc) is 2.89. The number of nitrogens with zero attached hydrogens (tertiary/aromatic N) is 1. The first-order valence-corrected chi connectivity index (χ1v) is 14.5. The number of unbranched alkanes of at least 4 members (excludes halogenated alkanes) is 1. The van der Waals surface area contributed by atoms with Crippen LogP contribution in [-0.4, -0.2) is 41.4 Å². The fraction of sp³-hybridized carbons (Fsp3) is 0.355. The molecule has 0 unspecified atom stereocenters. The normalized spacial score (nSPS) is 11.7. The third-order valence-electron chi connectivity index (χ3n) is 6.53. The predicted octanol–water partition coefficient (Wildman–Crippen LogP) is 2.35. The molecule has 0 aromatic heterocycles. The number of hydrogen-bond acceptors (Lipinski definition) is 5. The Bertz CT molecular complexity index is 1270. The van der Waals surface area contributed by atoms with E-state index in [2.05, 4.69) is 17.1 Å². The van der Waals surface area contributed by atoms with Crippen molar-refractivity contribution in [2.45, 2.75) is 52.2 Å². The first-order chi connectivity index (χ1) is 18.7. The summed E-state index contributed by atoms with van der Waals surface area (Å²) in [4.78, 5) is 27.1. The number of benzene rings is 3. The summed E-state index contributed by atoms with van der Waals surface area (Å²) in [5.41, 5.74) is 4.38. The summed E-state index contributed by atoms with van der Waals surface area (Å²) in [7, 11) is 0. The van der Waals surface area contributed by atoms with Crippen LogP contribution in [0.5, 0.6) is 0 Å². The van der Waals surface area contributed by atoms with Crippen molar-refractivity contribution in [2.75, 3.05) is 18.6 Å². The maximum absolute atomic E-state index is 13.8. The summed E-state index contributed by atoms with van der Waals surface area (Å²) >= 11 is 1.50. The van der Waals surface area contributed by atoms with Gasteiger partial charge in [-0.25, -0.2) is 8.78 Å². The van der Waals surface area contributed by atoms with Gasteiger partial charge in [0.15, 0.2) is 0 Å². The number of halogens is 2. The number of thioether (sulfide) groups is 1. The second kappa shape index (κ2) is 16.6. The van der Waals surface area contributed by atoms with Crippen LogP contribution in [0.15, 0.2) is 60.7 Å². The van der Waals surface area contributed by atoms with E-state index in [0.29, 0.717) is 35.5 Å². The summed E-state index contributed by atoms with van der Waals surface area (Å²) in [6.45, 7) is 5.66. The number of rotatable bonds is 14. The number of carboxylic acid groups (broad SMARTS) is 1. The Kier molecular flexibility index (Phi) is 13.9. The quantitative estimate of drug-likeness (QED) is 0.307. The van der Waals surface area contributed by atoms with Crippen LogP contribution < -0.4 is 29.3 Å². The molecule has 0 aliphatic heterocycles. The molecule has 0 radical (unpaired) electrons. The van der Waals surface area contributed by atoms with Gasteiger partial charge in [-0.2, -0.15) is 11.8 Å². The minimum absolute atomic E-state index is 0. The Labute approximate surface area is 251 Å². The summed E-state index contributed by atoms with van der Waals surface area (Å²) in [5, 5.41) is 14.3. The molecule has 3 aromatic rings. The molecule has 0 aliphatic rings. The van der Waals surface area contributed by atoms with Crippen LogP contribution in [0.3, 0.4) is 0 Å². The zero-order valence-corrected chi connectivity index (χ0v) is 24.5. The minimum Gasteiger partial charge on any atom is -0.548 e. The van der Waals surface area contributed by atoms with Gasteiger partial charge in [0.25, 0.3) is 5.91 Å². The third-order valence-corrected chi connectivity index (χ3v) is 7.17. The molecule has 1 atom stereocenters. The molecule has 0 saturated carbocycles. The summed E-state index contributed by atoms with van der Waals surface area (Å²) in [6, 6.07) is 15.7. The van der Waals surface area contributed by atoms with Gasteiger partial charge in [0, 0.05) is 24.7 Å². The van der Waals surface area contributed by atoms with Crippen molar-refractivity contribution in [3.05, 3.63) is 94.6 Å². The van der Waals surface area contributed by atoms with Crippen molar-refractivity contribution >= 4 is 23.6 Å². The average molecular weight is 561 g/mol. The standard InChI is InChI=1S/C31H36F2N2O3S.Li/c1-4-5-13-35(20-23-15-24(32)18-25(33)16-23)19-22-10-11-27(28(17-22)26-9-7-6-8-21(26)2)30(36)34-29(31(37)38)12-14-39-3;/h6-11,15-18,29H,4-5,12-14,19-20H2,1-3H3,(H,34,36)(H,37,38);/q;+1/p-1/t29-;/m0./s1. The van der Waals surface area contributed by atoms with Crippen LogP contribution in [0, 0.1) is 18.6 Å². The van der Waals surface area contributed by atoms with Gasteiger partial charge in [-0.3, -0.25) is 9.69 Å². The Morgan fingerprint density at radius 1 is 0.975 bits per heavy atom. The molecule has 0 spiro atoms. The second-order valence-corrected chi connectivity index (χ2v) is 10.6. The molecule has 5 nitrogen and oxygen atoms in total. The van der Waals surface area contributed by atoms with Gasteiger partial charge in [0.1, 0.15) is 11.6 Å². The van der Waals surface area contributed by atoms with E-state index in [1.54, 1.807) is 6.07 Å². The maximum Gasteiger partial charge on any atom is 1.00 e. The van der Waals surface area contributed by atoms with Gasteiger partial charge in [-0.1, -0.05) is 43.7 Å². The van der Waals surface area contributed by atoms with Crippen molar-refractivity contribution < 1.29 is 42.3 Å². The molecular formula is C31H35F2LiN2O3S. The summed E-state index contributed by atoms with van der Waals surface area (Å²) in [5.74, 6) is -2.43. The minimum atomic E-state index is -1.31. The van der Waals surface area contributed by atoms with Crippen LogP contribution in [0.1, 0.15) is 53.2 Å². The number of aryl methyl sites for hydroxylation is 1. The van der Waals surface area contributed by atoms with E-state index in [9.17, 15) is 23.5 Å². The number of amides is 1. The van der Waals surface area contributed by atoms with Gasteiger partial charge in [-0.15, -0.1) is 0 Å². The van der Waals surface area contributed by atoms with Crippen LogP contribution >= 0.6 is 11.8 Å². The Morgan fingerprint density at radius 2 is 1.65 bits per heavy atom. The van der Waals surface area contributed by atoms with E-state index in [1.807, 2.05) is 49.6 Å². The van der Waals surface area contributed by atoms with Crippen LogP contribution in [-0.2, 0) is 17.9 Å². The van der Waals surface area contributed by atoms with Gasteiger partial charge in [-0.05, 0) is 90.4 Å². The van der Waals surface area contributed by atoms with Crippen molar-refractivity contribution in [1.82, 2.24) is 10.2 Å². The van der Waals surface area contributed by atoms with Gasteiger partial charge >= 0.3 is 18.9 Å². The van der Waals surface area contributed by atoms with Crippen LogP contribution in [0.25, 0.3) is 11.1 Å². The first kappa shape index (κ1) is 33.6. The maximum atomic E-state index is 13.8. The SMILES string of the molecule is CCCCN(Cc1cc(F)cc(F)c1)Cc1ccc(C(=O)N[C@@H](CCSC)C(=O)[O-])c(-c2ccccc2C)c1.[Li+]. The van der Waals surface area contributed by atoms with Crippen molar-refractivity contribution in [3.63, 3.8) is 0 Å². The van der Waals surface area contributed by atoms with Crippen molar-refractivity contribution in [3.8, 4) is 11.1 Å². The van der Waals surface area contributed by atoms with E-state index < -0.39 is 29.6 Å². The monoisotopic (exact) mass is 560 g/mol. The fourth-order valence-electron chi connectivity index (χ4n) is 4.52. The van der Waals surface area contributed by atoms with E-state index in [-0.39, 0.29) is 25.3 Å². The number of carbonyl (C=O) groups is 2. The number of hydrogen-bond donors (Lipinski definition) is 1. The summed E-state index contributed by atoms with van der Waals surface area (Å²) in [6.07, 6.45) is 4.03. The van der Waals surface area contributed by atoms with E-state index >= 15 is 0 Å². The molecule has 1 N–H and O–H groups in total. The molecule has 1 amide bonds. The van der Waals surface area contributed by atoms with E-state index in [1.165, 1.54) is 23.9 Å². The molecule has 0 saturated heterocycles. The molecule has 208 valence electrons. The predicted molar refractivity (Wildman–Crippen MR) is 151 cm³/mol. The van der Waals surface area contributed by atoms with Crippen LogP contribution in [0.2, 0.25) is 0 Å². The number of nitrogens with one attached hydrogen (secondary N) is 1. The Balaban J connectivity index is 0.00000560. The van der Waals surface area contributed by atoms with Gasteiger partial charge in [0.2, 0.25) is 0 Å². The van der Waals surface area contributed by atoms with Crippen molar-refractivity contribution in [1.29, 1.82) is 0 Å². The molecule has 9 heteroatoms. The van der Waals surface area contributed by atoms with Gasteiger partial charge in [0.05, 0.1) is 12.0 Å². The molecule has 0 fully saturated rings. The first-order valence-electron chi connectivity index (χ1n) is 13.1. The molecule has 0 aliphatic carbocycles. The molecule has 3 aromatic carbocycles. The molecule has 40 heavy (non-hydrogen) atoms. The second-order valence-electron chi connectivity index (χ2n) is 9.66. The smallest absolute Gasteiger partial charge is 0.548 e. The Morgan fingerprint density at radius 3 is 2.27 bits per heavy atom. The zero-order valence-electron chi connectivity index (χ0n) is 23.6. The molecule has 0 bridgehead atoms. The number of carbonyl (C=O) groups excluding carboxylic acids is 2. The topological polar surface area (TPSA) is 72.5 Å². The molecular weight excluding hydrogens is 525 g/mol. The van der Waals surface area contributed by atoms with Crippen LogP contribution in [0.4, 0.5) is 8.78 Å². The van der Waals surface area contributed by atoms with E-state index in [4.69, 9.17) is 0 Å². The van der Waals surface area contributed by atoms with E-state index in [0.717, 1.165) is 42.1 Å². The molecule has 3 rings (SSSR count). The third kappa shape index (κ3) is 9.78. The van der Waals surface area contributed by atoms with Crippen molar-refractivity contribution in [2.24, 2.45) is 0 Å². The van der Waals surface area contributed by atoms with Gasteiger partial charge < -0.3 is 15.2 Å². The zero-order chi connectivity index (χ0) is 28.4. The Hall–Kier alpha value is -2.63. The number of aliphatic carboxylic acids is 1. The fourth-order valence-corrected chi connectivity index (χ4v) is 4.99. The largest absolute Gasteiger partial charge is 1.00 e. The summed E-state index contributed by atoms with van der Waals surface area (Å²) < 4.78 is 27.7.